The predicted molar refractivity (Wildman–Crippen MR) is 101 cm³/mol. The van der Waals surface area contributed by atoms with Gasteiger partial charge >= 0.3 is 0 Å². The van der Waals surface area contributed by atoms with Crippen LogP contribution in [0.15, 0.2) is 53.4 Å². The van der Waals surface area contributed by atoms with E-state index in [2.05, 4.69) is 10.0 Å². The molecule has 1 amide bonds. The van der Waals surface area contributed by atoms with E-state index in [0.717, 1.165) is 12.8 Å². The lowest BCUT2D eigenvalue weighted by atomic mass is 10.1. The fraction of sp³-hybridized carbons (Fsp3) is 0.278. The molecule has 0 aliphatic rings. The van der Waals surface area contributed by atoms with Gasteiger partial charge in [0.15, 0.2) is 0 Å². The van der Waals surface area contributed by atoms with Gasteiger partial charge in [-0.1, -0.05) is 43.6 Å². The molecule has 0 aliphatic heterocycles. The summed E-state index contributed by atoms with van der Waals surface area (Å²) in [7, 11) is -3.73. The van der Waals surface area contributed by atoms with Crippen molar-refractivity contribution in [2.45, 2.75) is 37.6 Å². The van der Waals surface area contributed by atoms with Crippen molar-refractivity contribution in [1.82, 2.24) is 5.32 Å². The molecule has 0 bridgehead atoms. The number of sulfonamides is 1. The van der Waals surface area contributed by atoms with Crippen LogP contribution in [-0.2, 0) is 10.0 Å². The number of hydrogen-bond acceptors (Lipinski definition) is 3. The Morgan fingerprint density at radius 3 is 2.32 bits per heavy atom. The van der Waals surface area contributed by atoms with Crippen molar-refractivity contribution in [1.29, 1.82) is 0 Å². The molecular weight excluding hydrogens is 360 g/mol. The van der Waals surface area contributed by atoms with Crippen molar-refractivity contribution in [3.05, 3.63) is 59.1 Å². The molecule has 25 heavy (non-hydrogen) atoms. The summed E-state index contributed by atoms with van der Waals surface area (Å²) in [6.45, 7) is 3.97. The van der Waals surface area contributed by atoms with Crippen LogP contribution in [0.2, 0.25) is 5.02 Å². The minimum atomic E-state index is -3.73. The van der Waals surface area contributed by atoms with E-state index in [1.165, 1.54) is 30.3 Å². The fourth-order valence-corrected chi connectivity index (χ4v) is 3.61. The van der Waals surface area contributed by atoms with Crippen LogP contribution < -0.4 is 10.0 Å². The topological polar surface area (TPSA) is 75.3 Å². The van der Waals surface area contributed by atoms with Crippen LogP contribution in [0.5, 0.6) is 0 Å². The van der Waals surface area contributed by atoms with Gasteiger partial charge in [0.25, 0.3) is 15.9 Å². The van der Waals surface area contributed by atoms with E-state index in [1.807, 2.05) is 13.8 Å². The summed E-state index contributed by atoms with van der Waals surface area (Å²) in [6.07, 6.45) is 1.61. The van der Waals surface area contributed by atoms with Crippen LogP contribution in [0.1, 0.15) is 37.0 Å². The lowest BCUT2D eigenvalue weighted by Crippen LogP contribution is -2.34. The van der Waals surface area contributed by atoms with Gasteiger partial charge in [-0.25, -0.2) is 8.42 Å². The van der Waals surface area contributed by atoms with E-state index < -0.39 is 10.0 Å². The summed E-state index contributed by atoms with van der Waals surface area (Å²) in [5, 5.41) is 3.16. The standard InChI is InChI=1S/C18H21ClN2O3S/c1-3-13(4-2)20-18(22)16-12-14(10-11-17(16)19)21-25(23,24)15-8-6-5-7-9-15/h5-13,21H,3-4H2,1-2H3,(H,20,22). The van der Waals surface area contributed by atoms with Crippen LogP contribution in [0.4, 0.5) is 5.69 Å². The summed E-state index contributed by atoms with van der Waals surface area (Å²) in [5.41, 5.74) is 0.518. The van der Waals surface area contributed by atoms with Crippen molar-refractivity contribution < 1.29 is 13.2 Å². The van der Waals surface area contributed by atoms with Crippen LogP contribution in [-0.4, -0.2) is 20.4 Å². The van der Waals surface area contributed by atoms with Gasteiger partial charge in [-0.05, 0) is 43.2 Å². The quantitative estimate of drug-likeness (QED) is 0.760. The van der Waals surface area contributed by atoms with Gasteiger partial charge < -0.3 is 5.32 Å². The van der Waals surface area contributed by atoms with Crippen LogP contribution >= 0.6 is 11.6 Å². The number of anilines is 1. The third-order valence-corrected chi connectivity index (χ3v) is 5.56. The van der Waals surface area contributed by atoms with Gasteiger partial charge in [0.1, 0.15) is 0 Å². The van der Waals surface area contributed by atoms with Crippen LogP contribution in [0, 0.1) is 0 Å². The highest BCUT2D eigenvalue weighted by atomic mass is 35.5. The predicted octanol–water partition coefficient (Wildman–Crippen LogP) is 4.06. The first-order valence-corrected chi connectivity index (χ1v) is 9.91. The number of carbonyl (C=O) groups excluding carboxylic acids is 1. The molecule has 0 atom stereocenters. The average Bonchev–Trinajstić information content (AvgIpc) is 2.61. The van der Waals surface area contributed by atoms with Gasteiger partial charge in [-0.15, -0.1) is 0 Å². The normalized spacial score (nSPS) is 11.4. The number of amides is 1. The van der Waals surface area contributed by atoms with Crippen molar-refractivity contribution in [2.24, 2.45) is 0 Å². The van der Waals surface area contributed by atoms with E-state index in [1.54, 1.807) is 18.2 Å². The summed E-state index contributed by atoms with van der Waals surface area (Å²) in [5.74, 6) is -0.320. The first kappa shape index (κ1) is 19.3. The molecule has 134 valence electrons. The van der Waals surface area contributed by atoms with Gasteiger partial charge in [-0.2, -0.15) is 0 Å². The molecule has 5 nitrogen and oxygen atoms in total. The molecule has 0 fully saturated rings. The maximum Gasteiger partial charge on any atom is 0.261 e. The number of nitrogens with one attached hydrogen (secondary N) is 2. The second-order valence-corrected chi connectivity index (χ2v) is 7.69. The minimum Gasteiger partial charge on any atom is -0.349 e. The first-order chi connectivity index (χ1) is 11.9. The van der Waals surface area contributed by atoms with Gasteiger partial charge in [0, 0.05) is 11.7 Å². The fourth-order valence-electron chi connectivity index (χ4n) is 2.33. The first-order valence-electron chi connectivity index (χ1n) is 8.05. The van der Waals surface area contributed by atoms with Crippen molar-refractivity contribution in [3.63, 3.8) is 0 Å². The van der Waals surface area contributed by atoms with Crippen molar-refractivity contribution >= 4 is 33.2 Å². The smallest absolute Gasteiger partial charge is 0.261 e. The average molecular weight is 381 g/mol. The monoisotopic (exact) mass is 380 g/mol. The Kier molecular flexibility index (Phi) is 6.45. The van der Waals surface area contributed by atoms with Crippen LogP contribution in [0.3, 0.4) is 0 Å². The highest BCUT2D eigenvalue weighted by molar-refractivity contribution is 7.92. The zero-order valence-corrected chi connectivity index (χ0v) is 15.7. The molecule has 2 rings (SSSR count). The Bertz CT molecular complexity index is 835. The zero-order valence-electron chi connectivity index (χ0n) is 14.1. The Morgan fingerprint density at radius 2 is 1.72 bits per heavy atom. The van der Waals surface area contributed by atoms with Crippen molar-refractivity contribution in [2.75, 3.05) is 4.72 Å². The van der Waals surface area contributed by atoms with E-state index in [-0.39, 0.29) is 33.1 Å². The van der Waals surface area contributed by atoms with E-state index in [9.17, 15) is 13.2 Å². The molecule has 0 spiro atoms. The summed E-state index contributed by atoms with van der Waals surface area (Å²) < 4.78 is 27.3. The molecule has 2 N–H and O–H groups in total. The Balaban J connectivity index is 2.25. The number of hydrogen-bond donors (Lipinski definition) is 2. The highest BCUT2D eigenvalue weighted by Crippen LogP contribution is 2.23. The zero-order chi connectivity index (χ0) is 18.4. The molecule has 0 unspecified atom stereocenters. The number of rotatable bonds is 7. The van der Waals surface area contributed by atoms with Gasteiger partial charge in [0.05, 0.1) is 15.5 Å². The van der Waals surface area contributed by atoms with E-state index >= 15 is 0 Å². The molecule has 0 aromatic heterocycles. The lowest BCUT2D eigenvalue weighted by molar-refractivity contribution is 0.0935. The largest absolute Gasteiger partial charge is 0.349 e. The third-order valence-electron chi connectivity index (χ3n) is 3.84. The molecule has 2 aromatic rings. The molecular formula is C18H21ClN2O3S. The summed E-state index contributed by atoms with van der Waals surface area (Å²) in [6, 6.07) is 12.5. The highest BCUT2D eigenvalue weighted by Gasteiger charge is 2.17. The molecule has 0 saturated heterocycles. The number of halogens is 1. The van der Waals surface area contributed by atoms with Gasteiger partial charge in [-0.3, -0.25) is 9.52 Å². The summed E-state index contributed by atoms with van der Waals surface area (Å²) >= 11 is 6.11. The van der Waals surface area contributed by atoms with Crippen molar-refractivity contribution in [3.8, 4) is 0 Å². The molecule has 2 aromatic carbocycles. The lowest BCUT2D eigenvalue weighted by Gasteiger charge is -2.16. The summed E-state index contributed by atoms with van der Waals surface area (Å²) in [4.78, 5) is 12.6. The second-order valence-electron chi connectivity index (χ2n) is 5.60. The van der Waals surface area contributed by atoms with E-state index in [0.29, 0.717) is 0 Å². The third kappa shape index (κ3) is 4.96. The Morgan fingerprint density at radius 1 is 1.08 bits per heavy atom. The molecule has 0 aliphatic carbocycles. The molecule has 0 saturated carbocycles. The Labute approximate surface area is 153 Å². The maximum absolute atomic E-state index is 12.4. The molecule has 7 heteroatoms. The minimum absolute atomic E-state index is 0.0493. The Hall–Kier alpha value is -2.05. The number of carbonyl (C=O) groups is 1. The maximum atomic E-state index is 12.4. The SMILES string of the molecule is CCC(CC)NC(=O)c1cc(NS(=O)(=O)c2ccccc2)ccc1Cl. The molecule has 0 radical (unpaired) electrons. The van der Waals surface area contributed by atoms with E-state index in [4.69, 9.17) is 11.6 Å². The van der Waals surface area contributed by atoms with Crippen LogP contribution in [0.25, 0.3) is 0 Å². The molecule has 0 heterocycles. The second kappa shape index (κ2) is 8.36. The van der Waals surface area contributed by atoms with Gasteiger partial charge in [0.2, 0.25) is 0 Å². The number of benzene rings is 2.